The molecule has 0 spiro atoms. The van der Waals surface area contributed by atoms with Crippen molar-refractivity contribution in [1.82, 2.24) is 14.8 Å². The monoisotopic (exact) mass is 452 g/mol. The minimum atomic E-state index is -3.87. The number of sulfonamides is 1. The first kappa shape index (κ1) is 20.4. The van der Waals surface area contributed by atoms with Gasteiger partial charge in [-0.25, -0.2) is 13.4 Å². The van der Waals surface area contributed by atoms with Crippen molar-refractivity contribution in [2.75, 3.05) is 10.5 Å². The van der Waals surface area contributed by atoms with E-state index >= 15 is 0 Å². The average molecular weight is 453 g/mol. The molecule has 0 unspecified atom stereocenters. The van der Waals surface area contributed by atoms with E-state index in [1.165, 1.54) is 24.4 Å². The normalized spacial score (nSPS) is 11.1. The molecule has 0 aliphatic heterocycles. The number of aromatic nitrogens is 3. The van der Waals surface area contributed by atoms with Gasteiger partial charge in [-0.1, -0.05) is 12.1 Å². The number of anilines is 2. The van der Waals surface area contributed by atoms with Crippen LogP contribution >= 0.6 is 11.3 Å². The number of nitriles is 1. The van der Waals surface area contributed by atoms with Crippen LogP contribution in [0.4, 0.5) is 10.9 Å². The van der Waals surface area contributed by atoms with Gasteiger partial charge in [0, 0.05) is 30.4 Å². The maximum absolute atomic E-state index is 12.5. The van der Waals surface area contributed by atoms with E-state index in [1.54, 1.807) is 29.2 Å². The fourth-order valence-electron chi connectivity index (χ4n) is 2.86. The van der Waals surface area contributed by atoms with Gasteiger partial charge in [-0.05, 0) is 35.9 Å². The third-order valence-corrected chi connectivity index (χ3v) is 6.44. The van der Waals surface area contributed by atoms with Crippen LogP contribution in [0.1, 0.15) is 5.56 Å². The molecule has 11 heteroatoms. The Morgan fingerprint density at radius 3 is 2.61 bits per heavy atom. The molecule has 0 amide bonds. The van der Waals surface area contributed by atoms with Gasteiger partial charge in [0.05, 0.1) is 10.5 Å². The van der Waals surface area contributed by atoms with E-state index in [0.29, 0.717) is 11.6 Å². The van der Waals surface area contributed by atoms with Crippen LogP contribution in [-0.4, -0.2) is 23.2 Å². The first-order chi connectivity index (χ1) is 14.9. The highest BCUT2D eigenvalue weighted by molar-refractivity contribution is 7.93. The molecule has 0 saturated carbocycles. The zero-order chi connectivity index (χ0) is 22.0. The quantitative estimate of drug-likeness (QED) is 0.456. The predicted octanol–water partition coefficient (Wildman–Crippen LogP) is 3.59. The van der Waals surface area contributed by atoms with Crippen LogP contribution in [0.5, 0.6) is 11.5 Å². The third-order valence-electron chi connectivity index (χ3n) is 4.29. The molecule has 2 heterocycles. The Morgan fingerprint density at radius 1 is 1.23 bits per heavy atom. The summed E-state index contributed by atoms with van der Waals surface area (Å²) in [5.74, 6) is 1.15. The van der Waals surface area contributed by atoms with Crippen LogP contribution in [0.25, 0.3) is 11.1 Å². The summed E-state index contributed by atoms with van der Waals surface area (Å²) >= 11 is 1.16. The summed E-state index contributed by atoms with van der Waals surface area (Å²) in [4.78, 5) is 3.84. The van der Waals surface area contributed by atoms with Crippen LogP contribution in [0.2, 0.25) is 0 Å². The molecule has 2 aromatic heterocycles. The zero-order valence-corrected chi connectivity index (χ0v) is 17.8. The smallest absolute Gasteiger partial charge is 0.263 e. The van der Waals surface area contributed by atoms with Crippen LogP contribution in [0.3, 0.4) is 0 Å². The number of nitrogens with two attached hydrogens (primary N) is 1. The fraction of sp³-hybridized carbons (Fsp3) is 0.0500. The first-order valence-electron chi connectivity index (χ1n) is 8.89. The molecular weight excluding hydrogens is 436 g/mol. The largest absolute Gasteiger partial charge is 0.456 e. The van der Waals surface area contributed by atoms with E-state index < -0.39 is 10.0 Å². The number of nitrogens with zero attached hydrogens (tertiary/aromatic N) is 4. The molecule has 31 heavy (non-hydrogen) atoms. The highest BCUT2D eigenvalue weighted by Crippen LogP contribution is 2.31. The minimum Gasteiger partial charge on any atom is -0.456 e. The molecule has 156 valence electrons. The molecule has 0 radical (unpaired) electrons. The van der Waals surface area contributed by atoms with E-state index in [1.807, 2.05) is 24.4 Å². The lowest BCUT2D eigenvalue weighted by atomic mass is 10.1. The maximum atomic E-state index is 12.5. The maximum Gasteiger partial charge on any atom is 0.263 e. The standard InChI is InChI=1S/C20H16N6O3S2/c1-26-12-17(19(22)24-26)13-2-4-15(5-3-13)29-18-7-6-16(10-14(18)11-21)31(27,28)25-20-23-8-9-30-20/h2-10,12H,1H3,(H2,22,24)(H,23,25). The molecular formula is C20H16N6O3S2. The summed E-state index contributed by atoms with van der Waals surface area (Å²) in [6.45, 7) is 0. The Hall–Kier alpha value is -3.88. The number of nitrogens with one attached hydrogen (secondary N) is 1. The third kappa shape index (κ3) is 4.35. The second-order valence-electron chi connectivity index (χ2n) is 6.44. The zero-order valence-electron chi connectivity index (χ0n) is 16.2. The van der Waals surface area contributed by atoms with Gasteiger partial charge in [-0.3, -0.25) is 9.40 Å². The Balaban J connectivity index is 1.56. The van der Waals surface area contributed by atoms with Crippen LogP contribution < -0.4 is 15.2 Å². The summed E-state index contributed by atoms with van der Waals surface area (Å²) < 4.78 is 34.9. The highest BCUT2D eigenvalue weighted by Gasteiger charge is 2.18. The molecule has 4 aromatic rings. The van der Waals surface area contributed by atoms with Gasteiger partial charge in [0.25, 0.3) is 10.0 Å². The van der Waals surface area contributed by atoms with Crippen molar-refractivity contribution >= 4 is 32.3 Å². The average Bonchev–Trinajstić information content (AvgIpc) is 3.37. The topological polar surface area (TPSA) is 136 Å². The molecule has 2 aromatic carbocycles. The second-order valence-corrected chi connectivity index (χ2v) is 9.02. The second kappa shape index (κ2) is 8.10. The van der Waals surface area contributed by atoms with E-state index in [0.717, 1.165) is 22.5 Å². The van der Waals surface area contributed by atoms with E-state index in [2.05, 4.69) is 14.8 Å². The lowest BCUT2D eigenvalue weighted by Crippen LogP contribution is -2.13. The van der Waals surface area contributed by atoms with Gasteiger partial charge >= 0.3 is 0 Å². The molecule has 3 N–H and O–H groups in total. The molecule has 0 fully saturated rings. The number of thiazole rings is 1. The van der Waals surface area contributed by atoms with E-state index in [9.17, 15) is 13.7 Å². The van der Waals surface area contributed by atoms with Crippen molar-refractivity contribution in [2.24, 2.45) is 7.05 Å². The molecule has 0 aliphatic carbocycles. The van der Waals surface area contributed by atoms with Crippen molar-refractivity contribution in [3.63, 3.8) is 0 Å². The van der Waals surface area contributed by atoms with Crippen molar-refractivity contribution in [3.8, 4) is 28.7 Å². The summed E-state index contributed by atoms with van der Waals surface area (Å²) in [6.07, 6.45) is 3.31. The van der Waals surface area contributed by atoms with Gasteiger partial charge in [-0.15, -0.1) is 11.3 Å². The lowest BCUT2D eigenvalue weighted by Gasteiger charge is -2.10. The fourth-order valence-corrected chi connectivity index (χ4v) is 4.67. The lowest BCUT2D eigenvalue weighted by molar-refractivity contribution is 0.480. The first-order valence-corrected chi connectivity index (χ1v) is 11.3. The minimum absolute atomic E-state index is 0.0611. The SMILES string of the molecule is Cn1cc(-c2ccc(Oc3ccc(S(=O)(=O)Nc4nccs4)cc3C#N)cc2)c(N)n1. The summed E-state index contributed by atoms with van der Waals surface area (Å²) in [7, 11) is -2.08. The van der Waals surface area contributed by atoms with Crippen LogP contribution in [0.15, 0.2) is 65.1 Å². The number of rotatable bonds is 6. The Labute approximate surface area is 182 Å². The summed E-state index contributed by atoms with van der Waals surface area (Å²) in [6, 6.07) is 13.2. The number of nitrogen functional groups attached to an aromatic ring is 1. The predicted molar refractivity (Wildman–Crippen MR) is 117 cm³/mol. The Morgan fingerprint density at radius 2 is 2.00 bits per heavy atom. The van der Waals surface area contributed by atoms with Gasteiger partial charge < -0.3 is 10.5 Å². The molecule has 0 aliphatic rings. The summed E-state index contributed by atoms with van der Waals surface area (Å²) in [5, 5.41) is 15.5. The van der Waals surface area contributed by atoms with Crippen molar-refractivity contribution in [2.45, 2.75) is 4.90 Å². The van der Waals surface area contributed by atoms with E-state index in [4.69, 9.17) is 10.5 Å². The molecule has 0 atom stereocenters. The number of ether oxygens (including phenoxy) is 1. The van der Waals surface area contributed by atoms with Crippen molar-refractivity contribution < 1.29 is 13.2 Å². The summed E-state index contributed by atoms with van der Waals surface area (Å²) in [5.41, 5.74) is 7.66. The molecule has 0 saturated heterocycles. The van der Waals surface area contributed by atoms with Crippen molar-refractivity contribution in [3.05, 3.63) is 65.8 Å². The van der Waals surface area contributed by atoms with Gasteiger partial charge in [0.2, 0.25) is 0 Å². The van der Waals surface area contributed by atoms with Gasteiger partial charge in [0.1, 0.15) is 17.6 Å². The van der Waals surface area contributed by atoms with Gasteiger partial charge in [0.15, 0.2) is 10.9 Å². The number of aryl methyl sites for hydroxylation is 1. The van der Waals surface area contributed by atoms with Gasteiger partial charge in [-0.2, -0.15) is 10.4 Å². The Kier molecular flexibility index (Phi) is 5.33. The van der Waals surface area contributed by atoms with Crippen molar-refractivity contribution in [1.29, 1.82) is 5.26 Å². The van der Waals surface area contributed by atoms with E-state index in [-0.39, 0.29) is 21.3 Å². The molecule has 4 rings (SSSR count). The van der Waals surface area contributed by atoms with Crippen LogP contribution in [-0.2, 0) is 17.1 Å². The molecule has 9 nitrogen and oxygen atoms in total. The Bertz CT molecular complexity index is 1370. The van der Waals surface area contributed by atoms with Crippen LogP contribution in [0, 0.1) is 11.3 Å². The highest BCUT2D eigenvalue weighted by atomic mass is 32.2. The number of benzene rings is 2. The number of hydrogen-bond donors (Lipinski definition) is 2. The number of hydrogen-bond acceptors (Lipinski definition) is 8. The molecule has 0 bridgehead atoms.